The predicted octanol–water partition coefficient (Wildman–Crippen LogP) is 4.84. The van der Waals surface area contributed by atoms with Crippen LogP contribution in [0.5, 0.6) is 11.6 Å². The van der Waals surface area contributed by atoms with Crippen molar-refractivity contribution in [3.05, 3.63) is 60.6 Å². The van der Waals surface area contributed by atoms with Crippen LogP contribution < -0.4 is 4.74 Å². The molecule has 0 saturated carbocycles. The summed E-state index contributed by atoms with van der Waals surface area (Å²) in [6, 6.07) is 6.56. The molecule has 0 bridgehead atoms. The first-order valence-corrected chi connectivity index (χ1v) is 8.16. The van der Waals surface area contributed by atoms with E-state index in [4.69, 9.17) is 4.74 Å². The van der Waals surface area contributed by atoms with Gasteiger partial charge in [0.25, 0.3) is 0 Å². The Hall–Kier alpha value is -3.15. The van der Waals surface area contributed by atoms with Crippen molar-refractivity contribution < 1.29 is 9.13 Å². The van der Waals surface area contributed by atoms with Gasteiger partial charge in [-0.25, -0.2) is 14.4 Å². The third kappa shape index (κ3) is 2.98. The molecule has 3 aromatic heterocycles. The van der Waals surface area contributed by atoms with Crippen LogP contribution in [0.4, 0.5) is 4.39 Å². The molecule has 4 aromatic rings. The molecule has 0 amide bonds. The zero-order chi connectivity index (χ0) is 17.2. The number of ether oxygens (including phenoxy) is 1. The molecule has 0 atom stereocenters. The number of aryl methyl sites for hydroxylation is 1. The van der Waals surface area contributed by atoms with E-state index in [0.29, 0.717) is 11.6 Å². The summed E-state index contributed by atoms with van der Waals surface area (Å²) in [4.78, 5) is 14.5. The topological polar surface area (TPSA) is 66.6 Å². The highest BCUT2D eigenvalue weighted by molar-refractivity contribution is 5.88. The molecule has 0 aliphatic heterocycles. The van der Waals surface area contributed by atoms with Gasteiger partial charge < -0.3 is 14.7 Å². The Morgan fingerprint density at radius 1 is 1.20 bits per heavy atom. The Balaban J connectivity index is 1.72. The molecule has 3 heterocycles. The summed E-state index contributed by atoms with van der Waals surface area (Å²) in [6.45, 7) is 2.10. The van der Waals surface area contributed by atoms with Gasteiger partial charge in [-0.2, -0.15) is 0 Å². The van der Waals surface area contributed by atoms with Crippen molar-refractivity contribution in [1.82, 2.24) is 19.9 Å². The third-order valence-electron chi connectivity index (χ3n) is 4.08. The summed E-state index contributed by atoms with van der Waals surface area (Å²) < 4.78 is 20.0. The van der Waals surface area contributed by atoms with Crippen LogP contribution in [-0.4, -0.2) is 19.9 Å². The number of hydrogen-bond acceptors (Lipinski definition) is 3. The highest BCUT2D eigenvalue weighted by Gasteiger charge is 2.13. The molecule has 5 nitrogen and oxygen atoms in total. The van der Waals surface area contributed by atoms with Gasteiger partial charge >= 0.3 is 0 Å². The standard InChI is InChI=1S/C19H17FN4O/c1-2-3-13-9-23-19-15(13)7-14(20)8-17(19)25-18-6-12(4-5-22-18)16-10-21-11-24-16/h4-11,23H,2-3H2,1H3,(H,21,24). The van der Waals surface area contributed by atoms with Gasteiger partial charge in [-0.1, -0.05) is 13.3 Å². The Morgan fingerprint density at radius 3 is 2.92 bits per heavy atom. The van der Waals surface area contributed by atoms with E-state index in [0.717, 1.165) is 40.6 Å². The van der Waals surface area contributed by atoms with E-state index >= 15 is 0 Å². The van der Waals surface area contributed by atoms with Gasteiger partial charge in [0.05, 0.1) is 23.7 Å². The van der Waals surface area contributed by atoms with Crippen molar-refractivity contribution in [2.75, 3.05) is 0 Å². The molecule has 0 radical (unpaired) electrons. The second kappa shape index (κ2) is 6.39. The fourth-order valence-electron chi connectivity index (χ4n) is 2.94. The van der Waals surface area contributed by atoms with Crippen molar-refractivity contribution in [1.29, 1.82) is 0 Å². The first kappa shape index (κ1) is 15.4. The Labute approximate surface area is 143 Å². The summed E-state index contributed by atoms with van der Waals surface area (Å²) in [6.07, 6.45) is 8.78. The maximum atomic E-state index is 14.1. The minimum absolute atomic E-state index is 0.329. The predicted molar refractivity (Wildman–Crippen MR) is 94.1 cm³/mol. The molecule has 4 rings (SSSR count). The quantitative estimate of drug-likeness (QED) is 0.548. The van der Waals surface area contributed by atoms with Gasteiger partial charge in [-0.3, -0.25) is 0 Å². The van der Waals surface area contributed by atoms with Crippen LogP contribution in [0.1, 0.15) is 18.9 Å². The normalized spacial score (nSPS) is 11.1. The number of H-pyrrole nitrogens is 2. The molecular formula is C19H17FN4O. The summed E-state index contributed by atoms with van der Waals surface area (Å²) in [7, 11) is 0. The van der Waals surface area contributed by atoms with Crippen molar-refractivity contribution >= 4 is 10.9 Å². The smallest absolute Gasteiger partial charge is 0.219 e. The zero-order valence-electron chi connectivity index (χ0n) is 13.7. The first-order valence-electron chi connectivity index (χ1n) is 8.16. The number of hydrogen-bond donors (Lipinski definition) is 2. The second-order valence-electron chi connectivity index (χ2n) is 5.84. The lowest BCUT2D eigenvalue weighted by atomic mass is 10.1. The van der Waals surface area contributed by atoms with Crippen LogP contribution >= 0.6 is 0 Å². The number of aromatic nitrogens is 4. The highest BCUT2D eigenvalue weighted by atomic mass is 19.1. The SMILES string of the molecule is CCCc1c[nH]c2c(Oc3cc(-c4cnc[nH]4)ccn3)cc(F)cc12. The Kier molecular flexibility index (Phi) is 3.93. The number of benzene rings is 1. The molecule has 0 unspecified atom stereocenters. The number of nitrogens with zero attached hydrogens (tertiary/aromatic N) is 2. The monoisotopic (exact) mass is 336 g/mol. The zero-order valence-corrected chi connectivity index (χ0v) is 13.7. The molecule has 6 heteroatoms. The lowest BCUT2D eigenvalue weighted by Crippen LogP contribution is -1.91. The van der Waals surface area contributed by atoms with Crippen molar-refractivity contribution in [2.24, 2.45) is 0 Å². The molecule has 0 aliphatic rings. The van der Waals surface area contributed by atoms with E-state index < -0.39 is 0 Å². The molecule has 126 valence electrons. The molecule has 2 N–H and O–H groups in total. The Morgan fingerprint density at radius 2 is 2.12 bits per heavy atom. The number of imidazole rings is 1. The number of aromatic amines is 2. The molecule has 0 saturated heterocycles. The maximum Gasteiger partial charge on any atom is 0.219 e. The summed E-state index contributed by atoms with van der Waals surface area (Å²) >= 11 is 0. The van der Waals surface area contributed by atoms with Crippen molar-refractivity contribution in [3.8, 4) is 22.9 Å². The van der Waals surface area contributed by atoms with Crippen LogP contribution in [-0.2, 0) is 6.42 Å². The van der Waals surface area contributed by atoms with Gasteiger partial charge in [0, 0.05) is 35.5 Å². The summed E-state index contributed by atoms with van der Waals surface area (Å²) in [5.41, 5.74) is 3.62. The van der Waals surface area contributed by atoms with Crippen molar-refractivity contribution in [2.45, 2.75) is 19.8 Å². The van der Waals surface area contributed by atoms with Gasteiger partial charge in [0.1, 0.15) is 5.82 Å². The van der Waals surface area contributed by atoms with E-state index in [1.807, 2.05) is 12.3 Å². The fraction of sp³-hybridized carbons (Fsp3) is 0.158. The molecule has 25 heavy (non-hydrogen) atoms. The number of pyridine rings is 1. The van der Waals surface area contributed by atoms with E-state index in [-0.39, 0.29) is 5.82 Å². The number of nitrogens with one attached hydrogen (secondary N) is 2. The first-order chi connectivity index (χ1) is 12.2. The van der Waals surface area contributed by atoms with Gasteiger partial charge in [-0.05, 0) is 24.1 Å². The van der Waals surface area contributed by atoms with Gasteiger partial charge in [0.2, 0.25) is 5.88 Å². The Bertz CT molecular complexity index is 1010. The number of fused-ring (bicyclic) bond motifs is 1. The van der Waals surface area contributed by atoms with Crippen LogP contribution in [0.3, 0.4) is 0 Å². The number of halogens is 1. The lowest BCUT2D eigenvalue weighted by molar-refractivity contribution is 0.463. The molecule has 0 aliphatic carbocycles. The highest BCUT2D eigenvalue weighted by Crippen LogP contribution is 2.33. The van der Waals surface area contributed by atoms with Gasteiger partial charge in [0.15, 0.2) is 5.75 Å². The maximum absolute atomic E-state index is 14.1. The largest absolute Gasteiger partial charge is 0.437 e. The van der Waals surface area contributed by atoms with Crippen LogP contribution in [0.25, 0.3) is 22.2 Å². The van der Waals surface area contributed by atoms with Crippen molar-refractivity contribution in [3.63, 3.8) is 0 Å². The van der Waals surface area contributed by atoms with E-state index in [1.54, 1.807) is 24.8 Å². The van der Waals surface area contributed by atoms with Gasteiger partial charge in [-0.15, -0.1) is 0 Å². The van der Waals surface area contributed by atoms with Crippen LogP contribution in [0.15, 0.2) is 49.2 Å². The fourth-order valence-corrected chi connectivity index (χ4v) is 2.94. The summed E-state index contributed by atoms with van der Waals surface area (Å²) in [5, 5.41) is 0.849. The molecule has 0 fully saturated rings. The van der Waals surface area contributed by atoms with E-state index in [1.165, 1.54) is 12.1 Å². The molecule has 1 aromatic carbocycles. The van der Waals surface area contributed by atoms with E-state index in [9.17, 15) is 4.39 Å². The minimum atomic E-state index is -0.329. The van der Waals surface area contributed by atoms with E-state index in [2.05, 4.69) is 26.9 Å². The average Bonchev–Trinajstić information content (AvgIpc) is 3.26. The third-order valence-corrected chi connectivity index (χ3v) is 4.08. The second-order valence-corrected chi connectivity index (χ2v) is 5.84. The molecule has 0 spiro atoms. The lowest BCUT2D eigenvalue weighted by Gasteiger charge is -2.08. The van der Waals surface area contributed by atoms with Crippen LogP contribution in [0.2, 0.25) is 0 Å². The molecular weight excluding hydrogens is 319 g/mol. The average molecular weight is 336 g/mol. The summed E-state index contributed by atoms with van der Waals surface area (Å²) in [5.74, 6) is 0.487. The van der Waals surface area contributed by atoms with Crippen LogP contribution in [0, 0.1) is 5.82 Å². The number of rotatable bonds is 5. The minimum Gasteiger partial charge on any atom is -0.437 e.